The molecule has 3 nitrogen and oxygen atoms in total. The van der Waals surface area contributed by atoms with Gasteiger partial charge in [0.25, 0.3) is 0 Å². The summed E-state index contributed by atoms with van der Waals surface area (Å²) in [6, 6.07) is 8.34. The summed E-state index contributed by atoms with van der Waals surface area (Å²) in [6.45, 7) is 4.17. The molecule has 3 heteroatoms. The molecule has 1 aromatic carbocycles. The number of aromatic amines is 1. The smallest absolute Gasteiger partial charge is 0.0931 e. The maximum absolute atomic E-state index is 5.40. The van der Waals surface area contributed by atoms with Gasteiger partial charge in [-0.05, 0) is 25.5 Å². The summed E-state index contributed by atoms with van der Waals surface area (Å²) in [6.07, 6.45) is 4.06. The zero-order valence-electron chi connectivity index (χ0n) is 9.40. The molecule has 0 aliphatic carbocycles. The number of benzene rings is 1. The third-order valence-electron chi connectivity index (χ3n) is 2.07. The molecule has 0 spiro atoms. The van der Waals surface area contributed by atoms with Crippen molar-refractivity contribution in [2.75, 3.05) is 0 Å². The summed E-state index contributed by atoms with van der Waals surface area (Å²) in [5.41, 5.74) is 7.52. The molecular weight excluding hydrogens is 186 g/mol. The van der Waals surface area contributed by atoms with Gasteiger partial charge in [0.05, 0.1) is 17.4 Å². The van der Waals surface area contributed by atoms with Crippen molar-refractivity contribution in [3.8, 4) is 0 Å². The fraction of sp³-hybridized carbons (Fsp3) is 0.417. The standard InChI is InChI=1S/C7H6N2.C5H13N/c1-2-4-7-6(3-1)8-5-9-7;1-3-4-5(2)6/h1-5H,(H,8,9);5H,3-4,6H2,1-2H3. The molecule has 1 heterocycles. The topological polar surface area (TPSA) is 54.7 Å². The fourth-order valence-corrected chi connectivity index (χ4v) is 1.33. The number of nitrogens with two attached hydrogens (primary N) is 1. The molecule has 1 unspecified atom stereocenters. The zero-order chi connectivity index (χ0) is 11.1. The number of nitrogens with zero attached hydrogens (tertiary/aromatic N) is 1. The van der Waals surface area contributed by atoms with Crippen molar-refractivity contribution in [3.05, 3.63) is 30.6 Å². The molecule has 15 heavy (non-hydrogen) atoms. The first kappa shape index (κ1) is 11.7. The Balaban J connectivity index is 0.000000167. The highest BCUT2D eigenvalue weighted by molar-refractivity contribution is 5.73. The van der Waals surface area contributed by atoms with Crippen LogP contribution in [0.4, 0.5) is 0 Å². The summed E-state index contributed by atoms with van der Waals surface area (Å²) in [5, 5.41) is 0. The highest BCUT2D eigenvalue weighted by atomic mass is 14.9. The van der Waals surface area contributed by atoms with Gasteiger partial charge in [0.15, 0.2) is 0 Å². The third kappa shape index (κ3) is 4.13. The molecule has 0 amide bonds. The number of hydrogen-bond acceptors (Lipinski definition) is 2. The fourth-order valence-electron chi connectivity index (χ4n) is 1.33. The van der Waals surface area contributed by atoms with Crippen LogP contribution in [0.3, 0.4) is 0 Å². The van der Waals surface area contributed by atoms with Crippen molar-refractivity contribution in [2.45, 2.75) is 32.7 Å². The van der Waals surface area contributed by atoms with Crippen LogP contribution in [0.5, 0.6) is 0 Å². The number of aromatic nitrogens is 2. The van der Waals surface area contributed by atoms with Crippen molar-refractivity contribution in [2.24, 2.45) is 5.73 Å². The molecule has 0 aliphatic heterocycles. The van der Waals surface area contributed by atoms with Gasteiger partial charge < -0.3 is 10.7 Å². The molecule has 0 saturated heterocycles. The summed E-state index contributed by atoms with van der Waals surface area (Å²) in [7, 11) is 0. The van der Waals surface area contributed by atoms with E-state index in [1.807, 2.05) is 31.2 Å². The molecule has 0 radical (unpaired) electrons. The quantitative estimate of drug-likeness (QED) is 0.792. The van der Waals surface area contributed by atoms with Crippen LogP contribution < -0.4 is 5.73 Å². The molecule has 2 rings (SSSR count). The van der Waals surface area contributed by atoms with E-state index in [9.17, 15) is 0 Å². The predicted molar refractivity (Wildman–Crippen MR) is 64.7 cm³/mol. The van der Waals surface area contributed by atoms with Crippen LogP contribution in [0.1, 0.15) is 26.7 Å². The molecule has 3 N–H and O–H groups in total. The van der Waals surface area contributed by atoms with E-state index in [4.69, 9.17) is 5.73 Å². The monoisotopic (exact) mass is 205 g/mol. The lowest BCUT2D eigenvalue weighted by Crippen LogP contribution is -2.13. The van der Waals surface area contributed by atoms with Gasteiger partial charge in [0.2, 0.25) is 0 Å². The van der Waals surface area contributed by atoms with Crippen LogP contribution in [0.25, 0.3) is 11.0 Å². The average molecular weight is 205 g/mol. The SMILES string of the molecule is CCCC(C)N.c1ccc2[nH]cnc2c1. The minimum absolute atomic E-state index is 0.398. The van der Waals surface area contributed by atoms with E-state index < -0.39 is 0 Å². The Hall–Kier alpha value is -1.35. The summed E-state index contributed by atoms with van der Waals surface area (Å²) in [5.74, 6) is 0. The van der Waals surface area contributed by atoms with Crippen molar-refractivity contribution < 1.29 is 0 Å². The van der Waals surface area contributed by atoms with Crippen LogP contribution in [-0.2, 0) is 0 Å². The second kappa shape index (κ2) is 6.19. The van der Waals surface area contributed by atoms with Crippen molar-refractivity contribution in [3.63, 3.8) is 0 Å². The lowest BCUT2D eigenvalue weighted by Gasteiger charge is -1.96. The van der Waals surface area contributed by atoms with Gasteiger partial charge in [-0.1, -0.05) is 25.5 Å². The van der Waals surface area contributed by atoms with Gasteiger partial charge in [-0.25, -0.2) is 4.98 Å². The Bertz CT molecular complexity index is 349. The number of hydrogen-bond donors (Lipinski definition) is 2. The minimum atomic E-state index is 0.398. The van der Waals surface area contributed by atoms with E-state index in [1.54, 1.807) is 6.33 Å². The van der Waals surface area contributed by atoms with Gasteiger partial charge in [-0.15, -0.1) is 0 Å². The molecule has 1 atom stereocenters. The summed E-state index contributed by atoms with van der Waals surface area (Å²) >= 11 is 0. The summed E-state index contributed by atoms with van der Waals surface area (Å²) in [4.78, 5) is 7.07. The predicted octanol–water partition coefficient (Wildman–Crippen LogP) is 2.70. The van der Waals surface area contributed by atoms with E-state index in [0.29, 0.717) is 6.04 Å². The van der Waals surface area contributed by atoms with Crippen LogP contribution >= 0.6 is 0 Å². The lowest BCUT2D eigenvalue weighted by molar-refractivity contribution is 0.653. The minimum Gasteiger partial charge on any atom is -0.345 e. The first-order valence-electron chi connectivity index (χ1n) is 5.37. The van der Waals surface area contributed by atoms with Gasteiger partial charge >= 0.3 is 0 Å². The first-order chi connectivity index (χ1) is 7.24. The number of nitrogens with one attached hydrogen (secondary N) is 1. The van der Waals surface area contributed by atoms with E-state index in [0.717, 1.165) is 17.5 Å². The molecule has 82 valence electrons. The Kier molecular flexibility index (Phi) is 4.84. The van der Waals surface area contributed by atoms with Crippen molar-refractivity contribution >= 4 is 11.0 Å². The van der Waals surface area contributed by atoms with Crippen LogP contribution in [0.15, 0.2) is 30.6 Å². The Morgan fingerprint density at radius 2 is 2.13 bits per heavy atom. The Morgan fingerprint density at radius 1 is 1.40 bits per heavy atom. The highest BCUT2D eigenvalue weighted by Crippen LogP contribution is 2.05. The van der Waals surface area contributed by atoms with Crippen LogP contribution in [0.2, 0.25) is 0 Å². The normalized spacial score (nSPS) is 11.9. The zero-order valence-corrected chi connectivity index (χ0v) is 9.40. The number of H-pyrrole nitrogens is 1. The van der Waals surface area contributed by atoms with Crippen LogP contribution in [0, 0.1) is 0 Å². The largest absolute Gasteiger partial charge is 0.345 e. The maximum atomic E-state index is 5.40. The Labute approximate surface area is 90.7 Å². The molecule has 0 fully saturated rings. The maximum Gasteiger partial charge on any atom is 0.0931 e. The van der Waals surface area contributed by atoms with E-state index >= 15 is 0 Å². The third-order valence-corrected chi connectivity index (χ3v) is 2.07. The van der Waals surface area contributed by atoms with Crippen molar-refractivity contribution in [1.82, 2.24) is 9.97 Å². The number of imidazole rings is 1. The number of para-hydroxylation sites is 2. The second-order valence-corrected chi connectivity index (χ2v) is 3.69. The van der Waals surface area contributed by atoms with Gasteiger partial charge in [0.1, 0.15) is 0 Å². The van der Waals surface area contributed by atoms with E-state index in [2.05, 4.69) is 16.9 Å². The number of rotatable bonds is 2. The van der Waals surface area contributed by atoms with Crippen LogP contribution in [-0.4, -0.2) is 16.0 Å². The van der Waals surface area contributed by atoms with Gasteiger partial charge in [-0.2, -0.15) is 0 Å². The molecule has 0 aliphatic rings. The van der Waals surface area contributed by atoms with Gasteiger partial charge in [-0.3, -0.25) is 0 Å². The van der Waals surface area contributed by atoms with Gasteiger partial charge in [0, 0.05) is 6.04 Å². The summed E-state index contributed by atoms with van der Waals surface area (Å²) < 4.78 is 0. The molecule has 0 bridgehead atoms. The van der Waals surface area contributed by atoms with E-state index in [-0.39, 0.29) is 0 Å². The molecular formula is C12H19N3. The highest BCUT2D eigenvalue weighted by Gasteiger charge is 1.88. The average Bonchev–Trinajstić information content (AvgIpc) is 2.65. The second-order valence-electron chi connectivity index (χ2n) is 3.69. The van der Waals surface area contributed by atoms with Crippen molar-refractivity contribution in [1.29, 1.82) is 0 Å². The molecule has 1 aromatic heterocycles. The molecule has 2 aromatic rings. The lowest BCUT2D eigenvalue weighted by atomic mass is 10.2. The molecule has 0 saturated carbocycles. The van der Waals surface area contributed by atoms with E-state index in [1.165, 1.54) is 6.42 Å². The number of fused-ring (bicyclic) bond motifs is 1. The first-order valence-corrected chi connectivity index (χ1v) is 5.37. The Morgan fingerprint density at radius 3 is 2.67 bits per heavy atom.